The zero-order chi connectivity index (χ0) is 19.6. The summed E-state index contributed by atoms with van der Waals surface area (Å²) in [5, 5.41) is 0. The summed E-state index contributed by atoms with van der Waals surface area (Å²) < 4.78 is 23.5. The average molecular weight is 372 g/mol. The molecule has 0 aliphatic carbocycles. The maximum atomic E-state index is 13.1. The van der Waals surface area contributed by atoms with E-state index in [0.717, 1.165) is 5.56 Å². The van der Waals surface area contributed by atoms with Crippen LogP contribution in [0.15, 0.2) is 42.5 Å². The molecule has 2 amide bonds. The van der Waals surface area contributed by atoms with Gasteiger partial charge >= 0.3 is 0 Å². The van der Waals surface area contributed by atoms with Crippen LogP contribution in [0.1, 0.15) is 12.0 Å². The molecule has 0 spiro atoms. The molecule has 6 nitrogen and oxygen atoms in total. The Morgan fingerprint density at radius 3 is 2.37 bits per heavy atom. The number of ether oxygens (including phenoxy) is 2. The number of hydrogen-bond acceptors (Lipinski definition) is 5. The van der Waals surface area contributed by atoms with E-state index in [2.05, 4.69) is 0 Å². The zero-order valence-electron chi connectivity index (χ0n) is 15.4. The highest BCUT2D eigenvalue weighted by molar-refractivity contribution is 6.22. The molecule has 1 saturated heterocycles. The van der Waals surface area contributed by atoms with Gasteiger partial charge in [-0.05, 0) is 36.9 Å². The molecule has 0 N–H and O–H groups in total. The molecular formula is C20H21FN2O4. The van der Waals surface area contributed by atoms with Crippen LogP contribution in [-0.4, -0.2) is 44.0 Å². The number of benzene rings is 2. The highest BCUT2D eigenvalue weighted by Crippen LogP contribution is 2.34. The van der Waals surface area contributed by atoms with Crippen LogP contribution >= 0.6 is 0 Å². The van der Waals surface area contributed by atoms with Crippen molar-refractivity contribution in [1.82, 2.24) is 4.90 Å². The van der Waals surface area contributed by atoms with E-state index in [1.807, 2.05) is 0 Å². The molecule has 3 rings (SSSR count). The van der Waals surface area contributed by atoms with E-state index in [4.69, 9.17) is 9.47 Å². The van der Waals surface area contributed by atoms with Gasteiger partial charge in [-0.3, -0.25) is 14.5 Å². The number of imide groups is 1. The fraction of sp³-hybridized carbons (Fsp3) is 0.300. The summed E-state index contributed by atoms with van der Waals surface area (Å²) in [6.07, 6.45) is 0.0882. The molecule has 0 radical (unpaired) electrons. The third-order valence-corrected chi connectivity index (χ3v) is 4.63. The molecule has 142 valence electrons. The molecule has 0 saturated carbocycles. The van der Waals surface area contributed by atoms with Gasteiger partial charge in [0.15, 0.2) is 11.5 Å². The second kappa shape index (κ2) is 7.75. The highest BCUT2D eigenvalue weighted by Gasteiger charge is 2.41. The molecule has 1 atom stereocenters. The maximum absolute atomic E-state index is 13.1. The number of halogens is 1. The molecule has 0 aromatic heterocycles. The minimum atomic E-state index is -0.573. The average Bonchev–Trinajstić information content (AvgIpc) is 2.97. The van der Waals surface area contributed by atoms with Crippen LogP contribution in [0.25, 0.3) is 0 Å². The molecule has 2 aromatic rings. The SMILES string of the molecule is COc1ccc(N2C(=O)CC(N(C)Cc3ccc(F)cc3)C2=O)cc1OC. The zero-order valence-corrected chi connectivity index (χ0v) is 15.4. The number of carbonyl (C=O) groups is 2. The molecule has 0 bridgehead atoms. The second-order valence-corrected chi connectivity index (χ2v) is 6.37. The molecule has 1 heterocycles. The number of nitrogens with zero attached hydrogens (tertiary/aromatic N) is 2. The Morgan fingerprint density at radius 1 is 1.07 bits per heavy atom. The van der Waals surface area contributed by atoms with Crippen molar-refractivity contribution in [2.24, 2.45) is 0 Å². The Morgan fingerprint density at radius 2 is 1.74 bits per heavy atom. The smallest absolute Gasteiger partial charge is 0.251 e. The molecule has 1 fully saturated rings. The van der Waals surface area contributed by atoms with Gasteiger partial charge in [-0.2, -0.15) is 0 Å². The summed E-state index contributed by atoms with van der Waals surface area (Å²) in [6.45, 7) is 0.434. The van der Waals surface area contributed by atoms with E-state index >= 15 is 0 Å². The molecule has 2 aromatic carbocycles. The lowest BCUT2D eigenvalue weighted by molar-refractivity contribution is -0.122. The van der Waals surface area contributed by atoms with Crippen LogP contribution in [0.4, 0.5) is 10.1 Å². The van der Waals surface area contributed by atoms with Crippen molar-refractivity contribution >= 4 is 17.5 Å². The summed E-state index contributed by atoms with van der Waals surface area (Å²) >= 11 is 0. The summed E-state index contributed by atoms with van der Waals surface area (Å²) in [5.41, 5.74) is 1.31. The van der Waals surface area contributed by atoms with E-state index in [-0.39, 0.29) is 24.1 Å². The third-order valence-electron chi connectivity index (χ3n) is 4.63. The first-order chi connectivity index (χ1) is 12.9. The standard InChI is InChI=1S/C20H21FN2O4/c1-22(12-13-4-6-14(21)7-5-13)16-11-19(24)23(20(16)25)15-8-9-17(26-2)18(10-15)27-3/h4-10,16H,11-12H2,1-3H3. The lowest BCUT2D eigenvalue weighted by Crippen LogP contribution is -2.39. The summed E-state index contributed by atoms with van der Waals surface area (Å²) in [4.78, 5) is 28.4. The molecule has 1 unspecified atom stereocenters. The molecule has 1 aliphatic rings. The van der Waals surface area contributed by atoms with Crippen molar-refractivity contribution in [2.45, 2.75) is 19.0 Å². The van der Waals surface area contributed by atoms with Gasteiger partial charge in [0, 0.05) is 12.6 Å². The van der Waals surface area contributed by atoms with Crippen LogP contribution in [0.5, 0.6) is 11.5 Å². The molecule has 27 heavy (non-hydrogen) atoms. The summed E-state index contributed by atoms with van der Waals surface area (Å²) in [6, 6.07) is 10.4. The molecule has 7 heteroatoms. The van der Waals surface area contributed by atoms with E-state index in [9.17, 15) is 14.0 Å². The number of rotatable bonds is 6. The van der Waals surface area contributed by atoms with Crippen LogP contribution in [0, 0.1) is 5.82 Å². The van der Waals surface area contributed by atoms with Gasteiger partial charge in [0.05, 0.1) is 32.4 Å². The van der Waals surface area contributed by atoms with Crippen LogP contribution in [0.3, 0.4) is 0 Å². The first kappa shape index (κ1) is 18.8. The normalized spacial score (nSPS) is 16.9. The number of likely N-dealkylation sites (N-methyl/N-ethyl adjacent to an activating group) is 1. The van der Waals surface area contributed by atoms with Crippen molar-refractivity contribution in [3.63, 3.8) is 0 Å². The Labute approximate surface area is 157 Å². The van der Waals surface area contributed by atoms with Gasteiger partial charge in [0.25, 0.3) is 5.91 Å². The fourth-order valence-electron chi connectivity index (χ4n) is 3.18. The summed E-state index contributed by atoms with van der Waals surface area (Å²) in [7, 11) is 4.79. The van der Waals surface area contributed by atoms with Crippen LogP contribution < -0.4 is 14.4 Å². The predicted octanol–water partition coefficient (Wildman–Crippen LogP) is 2.61. The van der Waals surface area contributed by atoms with Crippen molar-refractivity contribution in [3.8, 4) is 11.5 Å². The minimum Gasteiger partial charge on any atom is -0.493 e. The van der Waals surface area contributed by atoms with Gasteiger partial charge in [0.2, 0.25) is 5.91 Å². The first-order valence-electron chi connectivity index (χ1n) is 8.48. The lowest BCUT2D eigenvalue weighted by Gasteiger charge is -2.23. The Bertz CT molecular complexity index is 854. The monoisotopic (exact) mass is 372 g/mol. The molecular weight excluding hydrogens is 351 g/mol. The largest absolute Gasteiger partial charge is 0.493 e. The van der Waals surface area contributed by atoms with Gasteiger partial charge in [0.1, 0.15) is 5.82 Å². The predicted molar refractivity (Wildman–Crippen MR) is 98.3 cm³/mol. The van der Waals surface area contributed by atoms with Gasteiger partial charge in [-0.25, -0.2) is 9.29 Å². The summed E-state index contributed by atoms with van der Waals surface area (Å²) in [5.74, 6) is 0.0807. The number of carbonyl (C=O) groups excluding carboxylic acids is 2. The number of hydrogen-bond donors (Lipinski definition) is 0. The third kappa shape index (κ3) is 3.78. The van der Waals surface area contributed by atoms with Crippen molar-refractivity contribution < 1.29 is 23.5 Å². The number of amides is 2. The highest BCUT2D eigenvalue weighted by atomic mass is 19.1. The topological polar surface area (TPSA) is 59.1 Å². The Balaban J connectivity index is 1.79. The van der Waals surface area contributed by atoms with E-state index < -0.39 is 6.04 Å². The van der Waals surface area contributed by atoms with E-state index in [0.29, 0.717) is 23.7 Å². The van der Waals surface area contributed by atoms with Gasteiger partial charge < -0.3 is 9.47 Å². The van der Waals surface area contributed by atoms with Crippen LogP contribution in [-0.2, 0) is 16.1 Å². The maximum Gasteiger partial charge on any atom is 0.251 e. The number of anilines is 1. The van der Waals surface area contributed by atoms with E-state index in [1.54, 1.807) is 42.3 Å². The van der Waals surface area contributed by atoms with Crippen molar-refractivity contribution in [3.05, 3.63) is 53.8 Å². The van der Waals surface area contributed by atoms with Crippen molar-refractivity contribution in [2.75, 3.05) is 26.2 Å². The molecule has 1 aliphatic heterocycles. The van der Waals surface area contributed by atoms with Crippen LogP contribution in [0.2, 0.25) is 0 Å². The van der Waals surface area contributed by atoms with E-state index in [1.165, 1.54) is 31.3 Å². The quantitative estimate of drug-likeness (QED) is 0.730. The number of methoxy groups -OCH3 is 2. The van der Waals surface area contributed by atoms with Gasteiger partial charge in [-0.15, -0.1) is 0 Å². The first-order valence-corrected chi connectivity index (χ1v) is 8.48. The fourth-order valence-corrected chi connectivity index (χ4v) is 3.18. The van der Waals surface area contributed by atoms with Crippen molar-refractivity contribution in [1.29, 1.82) is 0 Å². The Kier molecular flexibility index (Phi) is 5.41. The Hall–Kier alpha value is -2.93. The minimum absolute atomic E-state index is 0.0882. The lowest BCUT2D eigenvalue weighted by atomic mass is 10.1. The second-order valence-electron chi connectivity index (χ2n) is 6.37. The van der Waals surface area contributed by atoms with Gasteiger partial charge in [-0.1, -0.05) is 12.1 Å².